The van der Waals surface area contributed by atoms with Crippen LogP contribution in [0.4, 0.5) is 5.69 Å². The molecule has 0 bridgehead atoms. The van der Waals surface area contributed by atoms with E-state index in [-0.39, 0.29) is 16.5 Å². The van der Waals surface area contributed by atoms with Gasteiger partial charge in [-0.25, -0.2) is 0 Å². The highest BCUT2D eigenvalue weighted by atomic mass is 35.5. The second-order valence-electron chi connectivity index (χ2n) is 4.65. The molecule has 0 spiro atoms. The van der Waals surface area contributed by atoms with Crippen molar-refractivity contribution in [3.05, 3.63) is 51.0 Å². The third-order valence-electron chi connectivity index (χ3n) is 3.21. The fourth-order valence-corrected chi connectivity index (χ4v) is 2.51. The normalized spacial score (nSPS) is 10.6. The Hall–Kier alpha value is -1.58. The van der Waals surface area contributed by atoms with Gasteiger partial charge in [-0.1, -0.05) is 29.3 Å². The molecule has 0 aliphatic heterocycles. The van der Waals surface area contributed by atoms with Crippen LogP contribution in [0.15, 0.2) is 24.3 Å². The molecule has 20 heavy (non-hydrogen) atoms. The van der Waals surface area contributed by atoms with Gasteiger partial charge >= 0.3 is 0 Å². The zero-order chi connectivity index (χ0) is 14.9. The minimum absolute atomic E-state index is 0.0116. The van der Waals surface area contributed by atoms with E-state index < -0.39 is 0 Å². The number of hydrogen-bond donors (Lipinski definition) is 3. The Morgan fingerprint density at radius 1 is 1.05 bits per heavy atom. The molecule has 0 saturated carbocycles. The van der Waals surface area contributed by atoms with Crippen LogP contribution in [0, 0.1) is 13.8 Å². The van der Waals surface area contributed by atoms with Crippen LogP contribution in [0.25, 0.3) is 0 Å². The molecule has 0 aromatic heterocycles. The lowest BCUT2D eigenvalue weighted by atomic mass is 10.1. The summed E-state index contributed by atoms with van der Waals surface area (Å²) in [6.45, 7) is 4.03. The first-order valence-electron chi connectivity index (χ1n) is 6.10. The smallest absolute Gasteiger partial charge is 0.139 e. The van der Waals surface area contributed by atoms with Gasteiger partial charge in [0.05, 0.1) is 5.02 Å². The van der Waals surface area contributed by atoms with Crippen LogP contribution in [0.2, 0.25) is 10.0 Å². The summed E-state index contributed by atoms with van der Waals surface area (Å²) in [4.78, 5) is 0. The van der Waals surface area contributed by atoms with Crippen LogP contribution < -0.4 is 5.32 Å². The van der Waals surface area contributed by atoms with Crippen molar-refractivity contribution < 1.29 is 10.2 Å². The summed E-state index contributed by atoms with van der Waals surface area (Å²) in [7, 11) is 0. The van der Waals surface area contributed by atoms with E-state index in [2.05, 4.69) is 5.32 Å². The SMILES string of the molecule is Cc1ccc(NCc2cc(Cl)cc(Cl)c2O)c(C)c1O. The Labute approximate surface area is 127 Å². The molecule has 0 amide bonds. The summed E-state index contributed by atoms with van der Waals surface area (Å²) in [6, 6.07) is 6.85. The number of anilines is 1. The highest BCUT2D eigenvalue weighted by Crippen LogP contribution is 2.33. The molecule has 0 unspecified atom stereocenters. The quantitative estimate of drug-likeness (QED) is 0.774. The van der Waals surface area contributed by atoms with Crippen LogP contribution >= 0.6 is 23.2 Å². The monoisotopic (exact) mass is 311 g/mol. The molecule has 3 N–H and O–H groups in total. The third-order valence-corrected chi connectivity index (χ3v) is 3.72. The molecule has 0 heterocycles. The van der Waals surface area contributed by atoms with Crippen LogP contribution in [0.5, 0.6) is 11.5 Å². The second kappa shape index (κ2) is 5.81. The Morgan fingerprint density at radius 3 is 2.45 bits per heavy atom. The zero-order valence-corrected chi connectivity index (χ0v) is 12.7. The first-order chi connectivity index (χ1) is 9.40. The lowest BCUT2D eigenvalue weighted by Crippen LogP contribution is -2.02. The lowest BCUT2D eigenvalue weighted by molar-refractivity contribution is 0.467. The van der Waals surface area contributed by atoms with Gasteiger partial charge in [-0.15, -0.1) is 0 Å². The van der Waals surface area contributed by atoms with Crippen molar-refractivity contribution in [2.45, 2.75) is 20.4 Å². The van der Waals surface area contributed by atoms with Crippen molar-refractivity contribution in [1.29, 1.82) is 0 Å². The van der Waals surface area contributed by atoms with E-state index in [9.17, 15) is 10.2 Å². The van der Waals surface area contributed by atoms with Crippen molar-refractivity contribution in [3.8, 4) is 11.5 Å². The second-order valence-corrected chi connectivity index (χ2v) is 5.50. The summed E-state index contributed by atoms with van der Waals surface area (Å²) in [5.41, 5.74) is 2.98. The average molecular weight is 312 g/mol. The standard InChI is InChI=1S/C15H15Cl2NO2/c1-8-3-4-13(9(2)14(8)19)18-7-10-5-11(16)6-12(17)15(10)20/h3-6,18-20H,7H2,1-2H3. The van der Waals surface area contributed by atoms with Crippen molar-refractivity contribution in [1.82, 2.24) is 0 Å². The summed E-state index contributed by atoms with van der Waals surface area (Å²) >= 11 is 11.8. The molecule has 0 aliphatic carbocycles. The molecule has 5 heteroatoms. The predicted octanol–water partition coefficient (Wildman–Crippen LogP) is 4.63. The number of phenols is 2. The zero-order valence-electron chi connectivity index (χ0n) is 11.2. The fourth-order valence-electron chi connectivity index (χ4n) is 1.97. The van der Waals surface area contributed by atoms with Gasteiger partial charge in [0.2, 0.25) is 0 Å². The molecular weight excluding hydrogens is 297 g/mol. The number of aryl methyl sites for hydroxylation is 1. The van der Waals surface area contributed by atoms with Crippen molar-refractivity contribution in [3.63, 3.8) is 0 Å². The Bertz CT molecular complexity index is 657. The van der Waals surface area contributed by atoms with E-state index in [1.165, 1.54) is 6.07 Å². The summed E-state index contributed by atoms with van der Waals surface area (Å²) in [5.74, 6) is 0.279. The van der Waals surface area contributed by atoms with E-state index >= 15 is 0 Å². The number of aromatic hydroxyl groups is 2. The Kier molecular flexibility index (Phi) is 4.31. The average Bonchev–Trinajstić information content (AvgIpc) is 2.40. The van der Waals surface area contributed by atoms with Crippen molar-refractivity contribution >= 4 is 28.9 Å². The van der Waals surface area contributed by atoms with Gasteiger partial charge in [-0.2, -0.15) is 0 Å². The first kappa shape index (κ1) is 14.8. The molecule has 0 fully saturated rings. The molecule has 0 atom stereocenters. The number of rotatable bonds is 3. The predicted molar refractivity (Wildman–Crippen MR) is 83.0 cm³/mol. The summed E-state index contributed by atoms with van der Waals surface area (Å²) in [5, 5.41) is 23.6. The number of hydrogen-bond acceptors (Lipinski definition) is 3. The molecular formula is C15H15Cl2NO2. The molecule has 2 aromatic carbocycles. The highest BCUT2D eigenvalue weighted by Gasteiger charge is 2.10. The maximum atomic E-state index is 9.90. The fraction of sp³-hybridized carbons (Fsp3) is 0.200. The summed E-state index contributed by atoms with van der Waals surface area (Å²) in [6.07, 6.45) is 0. The van der Waals surface area contributed by atoms with Gasteiger partial charge in [-0.05, 0) is 37.6 Å². The first-order valence-corrected chi connectivity index (χ1v) is 6.85. The Morgan fingerprint density at radius 2 is 1.75 bits per heavy atom. The van der Waals surface area contributed by atoms with Gasteiger partial charge in [0.1, 0.15) is 11.5 Å². The molecule has 0 saturated heterocycles. The topological polar surface area (TPSA) is 52.5 Å². The third kappa shape index (κ3) is 2.94. The maximum absolute atomic E-state index is 9.90. The van der Waals surface area contributed by atoms with Crippen LogP contribution in [-0.2, 0) is 6.54 Å². The van der Waals surface area contributed by atoms with Gasteiger partial charge in [0, 0.05) is 28.4 Å². The molecule has 2 aromatic rings. The van der Waals surface area contributed by atoms with Crippen molar-refractivity contribution in [2.24, 2.45) is 0 Å². The lowest BCUT2D eigenvalue weighted by Gasteiger charge is -2.13. The van der Waals surface area contributed by atoms with Crippen LogP contribution in [-0.4, -0.2) is 10.2 Å². The van der Waals surface area contributed by atoms with Crippen LogP contribution in [0.3, 0.4) is 0 Å². The van der Waals surface area contributed by atoms with E-state index in [1.54, 1.807) is 6.07 Å². The minimum Gasteiger partial charge on any atom is -0.507 e. The molecule has 106 valence electrons. The van der Waals surface area contributed by atoms with Gasteiger partial charge in [-0.3, -0.25) is 0 Å². The molecule has 0 aliphatic rings. The number of phenolic OH excluding ortho intramolecular Hbond substituents is 2. The van der Waals surface area contributed by atoms with Crippen molar-refractivity contribution in [2.75, 3.05) is 5.32 Å². The van der Waals surface area contributed by atoms with E-state index in [0.717, 1.165) is 16.8 Å². The van der Waals surface area contributed by atoms with E-state index in [4.69, 9.17) is 23.2 Å². The summed E-state index contributed by atoms with van der Waals surface area (Å²) < 4.78 is 0. The van der Waals surface area contributed by atoms with E-state index in [0.29, 0.717) is 17.1 Å². The largest absolute Gasteiger partial charge is 0.507 e. The van der Waals surface area contributed by atoms with Gasteiger partial charge < -0.3 is 15.5 Å². The van der Waals surface area contributed by atoms with Gasteiger partial charge in [0.25, 0.3) is 0 Å². The number of halogens is 2. The highest BCUT2D eigenvalue weighted by molar-refractivity contribution is 6.35. The molecule has 3 nitrogen and oxygen atoms in total. The van der Waals surface area contributed by atoms with E-state index in [1.807, 2.05) is 26.0 Å². The number of benzene rings is 2. The maximum Gasteiger partial charge on any atom is 0.139 e. The molecule has 2 rings (SSSR count). The number of nitrogens with one attached hydrogen (secondary N) is 1. The van der Waals surface area contributed by atoms with Gasteiger partial charge in [0.15, 0.2) is 0 Å². The Balaban J connectivity index is 2.24. The molecule has 0 radical (unpaired) electrons. The minimum atomic E-state index is 0.0116. The van der Waals surface area contributed by atoms with Crippen LogP contribution in [0.1, 0.15) is 16.7 Å².